The van der Waals surface area contributed by atoms with E-state index in [1.54, 1.807) is 0 Å². The van der Waals surface area contributed by atoms with Crippen LogP contribution in [0, 0.1) is 61.3 Å². The molecule has 18 heavy (non-hydrogen) atoms. The normalized spacial score (nSPS) is 5.33. The summed E-state index contributed by atoms with van der Waals surface area (Å²) in [5, 5.41) is 59.0. The molecule has 0 aromatic rings. The van der Waals surface area contributed by atoms with Crippen molar-refractivity contribution in [3.8, 4) is 0 Å². The summed E-state index contributed by atoms with van der Waals surface area (Å²) < 4.78 is 0. The van der Waals surface area contributed by atoms with Gasteiger partial charge in [0.1, 0.15) is 0 Å². The fraction of sp³-hybridized carbons (Fsp3) is 0. The number of rotatable bonds is 0. The molecular formula is CrN4NaO12. The van der Waals surface area contributed by atoms with Crippen molar-refractivity contribution in [2.45, 2.75) is 0 Å². The fourth-order valence-corrected chi connectivity index (χ4v) is 0. The molecule has 0 saturated carbocycles. The molecule has 16 nitrogen and oxygen atoms in total. The van der Waals surface area contributed by atoms with Crippen molar-refractivity contribution in [1.29, 1.82) is 0 Å². The van der Waals surface area contributed by atoms with Crippen molar-refractivity contribution in [3.05, 3.63) is 61.3 Å². The van der Waals surface area contributed by atoms with Crippen molar-refractivity contribution >= 4 is 0 Å². The first kappa shape index (κ1) is 36.0. The van der Waals surface area contributed by atoms with Gasteiger partial charge in [0.05, 0.1) is 20.3 Å². The van der Waals surface area contributed by atoms with Gasteiger partial charge in [0.15, 0.2) is 0 Å². The molecule has 99 valence electrons. The van der Waals surface area contributed by atoms with Gasteiger partial charge in [-0.2, -0.15) is 0 Å². The standard InChI is InChI=1S/Cr.4NO3.Na/c;4*2-1(3)4;/q+3;4*-1;+1. The predicted molar refractivity (Wildman–Crippen MR) is 41.4 cm³/mol. The molecule has 0 bridgehead atoms. The number of nitrogens with zero attached hydrogens (tertiary/aromatic N) is 4. The number of hydrogen-bond acceptors (Lipinski definition) is 12. The quantitative estimate of drug-likeness (QED) is 0.234. The van der Waals surface area contributed by atoms with Crippen molar-refractivity contribution in [2.75, 3.05) is 0 Å². The molecular weight excluding hydrogens is 323 g/mol. The van der Waals surface area contributed by atoms with Gasteiger partial charge >= 0.3 is 46.9 Å². The average molecular weight is 323 g/mol. The van der Waals surface area contributed by atoms with E-state index in [-0.39, 0.29) is 46.9 Å². The van der Waals surface area contributed by atoms with Crippen LogP contribution in [0.2, 0.25) is 0 Å². The van der Waals surface area contributed by atoms with E-state index in [0.29, 0.717) is 0 Å². The van der Waals surface area contributed by atoms with E-state index in [2.05, 4.69) is 0 Å². The predicted octanol–water partition coefficient (Wildman–Crippen LogP) is -3.95. The Bertz CT molecular complexity index is 164. The SMILES string of the molecule is O=[N+]([O-])[O-].O=[N+]([O-])[O-].O=[N+]([O-])[O-].O=[N+]([O-])[O-].[Cr+3].[Na+]. The summed E-state index contributed by atoms with van der Waals surface area (Å²) in [6.07, 6.45) is 0. The third kappa shape index (κ3) is 916. The van der Waals surface area contributed by atoms with Crippen LogP contribution in [0.15, 0.2) is 0 Å². The maximum atomic E-state index is 8.25. The molecule has 0 aliphatic carbocycles. The zero-order valence-electron chi connectivity index (χ0n) is 8.10. The minimum Gasteiger partial charge on any atom is -0.356 e. The third-order valence-electron chi connectivity index (χ3n) is 0. The van der Waals surface area contributed by atoms with Gasteiger partial charge in [-0.25, -0.2) is 0 Å². The van der Waals surface area contributed by atoms with Gasteiger partial charge in [0.2, 0.25) is 0 Å². The van der Waals surface area contributed by atoms with Crippen LogP contribution in [0.25, 0.3) is 0 Å². The van der Waals surface area contributed by atoms with E-state index in [9.17, 15) is 0 Å². The van der Waals surface area contributed by atoms with Gasteiger partial charge in [-0.1, -0.05) is 0 Å². The minimum atomic E-state index is -1.75. The summed E-state index contributed by atoms with van der Waals surface area (Å²) in [6.45, 7) is 0. The maximum absolute atomic E-state index is 8.25. The van der Waals surface area contributed by atoms with Crippen LogP contribution in [0.3, 0.4) is 0 Å². The van der Waals surface area contributed by atoms with Crippen LogP contribution in [-0.4, -0.2) is 20.3 Å². The second-order valence-electron chi connectivity index (χ2n) is 0.894. The molecule has 0 rings (SSSR count). The van der Waals surface area contributed by atoms with Crippen molar-refractivity contribution in [1.82, 2.24) is 0 Å². The first-order chi connectivity index (χ1) is 6.93. The first-order valence-corrected chi connectivity index (χ1v) is 2.19. The molecule has 18 heteroatoms. The van der Waals surface area contributed by atoms with Crippen LogP contribution in [-0.2, 0) is 17.4 Å². The largest absolute Gasteiger partial charge is 3.00 e. The van der Waals surface area contributed by atoms with E-state index in [4.69, 9.17) is 61.3 Å². The topological polar surface area (TPSA) is 265 Å². The summed E-state index contributed by atoms with van der Waals surface area (Å²) in [5.41, 5.74) is 0. The molecule has 0 unspecified atom stereocenters. The van der Waals surface area contributed by atoms with Gasteiger partial charge in [0.25, 0.3) is 0 Å². The van der Waals surface area contributed by atoms with Gasteiger partial charge in [0, 0.05) is 0 Å². The summed E-state index contributed by atoms with van der Waals surface area (Å²) in [6, 6.07) is 0. The van der Waals surface area contributed by atoms with Crippen LogP contribution in [0.5, 0.6) is 0 Å². The van der Waals surface area contributed by atoms with E-state index >= 15 is 0 Å². The Morgan fingerprint density at radius 3 is 0.444 bits per heavy atom. The Morgan fingerprint density at radius 1 is 0.444 bits per heavy atom. The number of hydrogen-bond donors (Lipinski definition) is 0. The molecule has 0 aliphatic rings. The smallest absolute Gasteiger partial charge is 0.356 e. The monoisotopic (exact) mass is 323 g/mol. The molecule has 0 fully saturated rings. The fourth-order valence-electron chi connectivity index (χ4n) is 0. The van der Waals surface area contributed by atoms with E-state index in [1.807, 2.05) is 0 Å². The molecule has 0 amide bonds. The molecule has 0 atom stereocenters. The summed E-state index contributed by atoms with van der Waals surface area (Å²) in [4.78, 5) is 33.0. The Kier molecular flexibility index (Phi) is 58.9. The molecule has 1 radical (unpaired) electrons. The molecule has 0 heterocycles. The van der Waals surface area contributed by atoms with Gasteiger partial charge in [-0.3, -0.25) is 0 Å². The molecule has 0 aliphatic heterocycles. The Hall–Kier alpha value is -1.67. The summed E-state index contributed by atoms with van der Waals surface area (Å²) >= 11 is 0. The van der Waals surface area contributed by atoms with Crippen molar-refractivity contribution in [2.24, 2.45) is 0 Å². The maximum Gasteiger partial charge on any atom is 3.00 e. The Balaban J connectivity index is -0.0000000257. The van der Waals surface area contributed by atoms with Crippen molar-refractivity contribution in [3.63, 3.8) is 0 Å². The van der Waals surface area contributed by atoms with Crippen molar-refractivity contribution < 1.29 is 67.3 Å². The zero-order chi connectivity index (χ0) is 14.3. The van der Waals surface area contributed by atoms with E-state index < -0.39 is 20.3 Å². The van der Waals surface area contributed by atoms with Crippen LogP contribution >= 0.6 is 0 Å². The second-order valence-corrected chi connectivity index (χ2v) is 0.894. The Morgan fingerprint density at radius 2 is 0.444 bits per heavy atom. The molecule has 0 aromatic carbocycles. The van der Waals surface area contributed by atoms with Gasteiger partial charge < -0.3 is 61.3 Å². The summed E-state index contributed by atoms with van der Waals surface area (Å²) in [7, 11) is 0. The minimum absolute atomic E-state index is 0. The van der Waals surface area contributed by atoms with Crippen LogP contribution in [0.1, 0.15) is 0 Å². The average Bonchev–Trinajstić information content (AvgIpc) is 1.76. The first-order valence-electron chi connectivity index (χ1n) is 2.19. The Labute approximate surface area is 128 Å². The van der Waals surface area contributed by atoms with Gasteiger partial charge in [-0.05, 0) is 0 Å². The van der Waals surface area contributed by atoms with E-state index in [0.717, 1.165) is 0 Å². The third-order valence-corrected chi connectivity index (χ3v) is 0. The second kappa shape index (κ2) is 29.5. The molecule has 0 saturated heterocycles. The van der Waals surface area contributed by atoms with Crippen LogP contribution < -0.4 is 29.6 Å². The van der Waals surface area contributed by atoms with E-state index in [1.165, 1.54) is 0 Å². The molecule has 0 N–H and O–H groups in total. The molecule has 0 aromatic heterocycles. The zero-order valence-corrected chi connectivity index (χ0v) is 11.4. The van der Waals surface area contributed by atoms with Gasteiger partial charge in [-0.15, -0.1) is 0 Å². The van der Waals surface area contributed by atoms with Crippen LogP contribution in [0.4, 0.5) is 0 Å². The molecule has 0 spiro atoms. The summed E-state index contributed by atoms with van der Waals surface area (Å²) in [5.74, 6) is 0.